The van der Waals surface area contributed by atoms with Gasteiger partial charge in [-0.3, -0.25) is 0 Å². The Morgan fingerprint density at radius 3 is 2.40 bits per heavy atom. The normalized spacial score (nSPS) is 10.7. The number of rotatable bonds is 2. The van der Waals surface area contributed by atoms with Crippen LogP contribution in [0.2, 0.25) is 0 Å². The van der Waals surface area contributed by atoms with Crippen molar-refractivity contribution in [1.82, 2.24) is 9.78 Å². The first kappa shape index (κ1) is 12.5. The zero-order valence-corrected chi connectivity index (χ0v) is 11.5. The smallest absolute Gasteiger partial charge is 0.165 e. The van der Waals surface area contributed by atoms with E-state index in [-0.39, 0.29) is 5.75 Å². The molecule has 0 atom stereocenters. The molecule has 0 aliphatic heterocycles. The highest BCUT2D eigenvalue weighted by atomic mass is 16.3. The van der Waals surface area contributed by atoms with Crippen LogP contribution in [0.5, 0.6) is 5.75 Å². The summed E-state index contributed by atoms with van der Waals surface area (Å²) >= 11 is 0. The minimum atomic E-state index is 0.234. The van der Waals surface area contributed by atoms with Crippen LogP contribution in [0.15, 0.2) is 54.6 Å². The first-order valence-corrected chi connectivity index (χ1v) is 6.58. The molecule has 0 aliphatic carbocycles. The van der Waals surface area contributed by atoms with Gasteiger partial charge in [-0.2, -0.15) is 5.10 Å². The van der Waals surface area contributed by atoms with Gasteiger partial charge in [-0.25, -0.2) is 4.68 Å². The maximum Gasteiger partial charge on any atom is 0.165 e. The Morgan fingerprint density at radius 2 is 1.70 bits per heavy atom. The second-order valence-corrected chi connectivity index (χ2v) is 4.90. The molecule has 1 heterocycles. The quantitative estimate of drug-likeness (QED) is 0.763. The Balaban J connectivity index is 2.25. The van der Waals surface area contributed by atoms with Crippen molar-refractivity contribution in [3.05, 3.63) is 65.9 Å². The Morgan fingerprint density at radius 1 is 0.950 bits per heavy atom. The molecular weight excluding hydrogens is 248 g/mol. The molecule has 0 saturated heterocycles. The van der Waals surface area contributed by atoms with E-state index in [1.165, 1.54) is 0 Å². The summed E-state index contributed by atoms with van der Waals surface area (Å²) in [6, 6.07) is 17.9. The summed E-state index contributed by atoms with van der Waals surface area (Å²) in [6.07, 6.45) is 0. The van der Waals surface area contributed by atoms with Crippen LogP contribution in [0.25, 0.3) is 16.9 Å². The van der Waals surface area contributed by atoms with Gasteiger partial charge in [0.25, 0.3) is 0 Å². The maximum atomic E-state index is 10.3. The van der Waals surface area contributed by atoms with Gasteiger partial charge in [-0.05, 0) is 31.5 Å². The first-order chi connectivity index (χ1) is 9.66. The van der Waals surface area contributed by atoms with Gasteiger partial charge in [-0.1, -0.05) is 42.5 Å². The van der Waals surface area contributed by atoms with Gasteiger partial charge < -0.3 is 5.11 Å². The summed E-state index contributed by atoms with van der Waals surface area (Å²) in [5.74, 6) is 0.234. The highest BCUT2D eigenvalue weighted by Gasteiger charge is 2.17. The SMILES string of the molecule is Cc1cccc(-n2nc(C)c(O)c2-c2ccccc2)c1. The molecule has 3 rings (SSSR count). The summed E-state index contributed by atoms with van der Waals surface area (Å²) < 4.78 is 1.80. The third-order valence-electron chi connectivity index (χ3n) is 3.32. The molecule has 0 saturated carbocycles. The molecule has 0 amide bonds. The number of aryl methyl sites for hydroxylation is 2. The maximum absolute atomic E-state index is 10.3. The average Bonchev–Trinajstić information content (AvgIpc) is 2.76. The van der Waals surface area contributed by atoms with Gasteiger partial charge in [-0.15, -0.1) is 0 Å². The van der Waals surface area contributed by atoms with Crippen molar-refractivity contribution < 1.29 is 5.11 Å². The van der Waals surface area contributed by atoms with Gasteiger partial charge in [0.1, 0.15) is 11.4 Å². The Labute approximate surface area is 118 Å². The topological polar surface area (TPSA) is 38.0 Å². The fraction of sp³-hybridized carbons (Fsp3) is 0.118. The Hall–Kier alpha value is -2.55. The fourth-order valence-electron chi connectivity index (χ4n) is 2.32. The monoisotopic (exact) mass is 264 g/mol. The number of nitrogens with zero attached hydrogens (tertiary/aromatic N) is 2. The number of hydrogen-bond acceptors (Lipinski definition) is 2. The zero-order chi connectivity index (χ0) is 14.1. The van der Waals surface area contributed by atoms with E-state index in [2.05, 4.69) is 11.2 Å². The van der Waals surface area contributed by atoms with Crippen LogP contribution in [0, 0.1) is 13.8 Å². The van der Waals surface area contributed by atoms with Crippen molar-refractivity contribution in [1.29, 1.82) is 0 Å². The van der Waals surface area contributed by atoms with Crippen molar-refractivity contribution in [2.24, 2.45) is 0 Å². The summed E-state index contributed by atoms with van der Waals surface area (Å²) in [5.41, 5.74) is 4.42. The largest absolute Gasteiger partial charge is 0.504 e. The highest BCUT2D eigenvalue weighted by molar-refractivity contribution is 5.69. The number of aromatic nitrogens is 2. The van der Waals surface area contributed by atoms with E-state index in [9.17, 15) is 5.11 Å². The summed E-state index contributed by atoms with van der Waals surface area (Å²) in [5, 5.41) is 14.8. The van der Waals surface area contributed by atoms with Crippen LogP contribution in [-0.4, -0.2) is 14.9 Å². The van der Waals surface area contributed by atoms with Crippen LogP contribution in [0.3, 0.4) is 0 Å². The van der Waals surface area contributed by atoms with Gasteiger partial charge in [0.2, 0.25) is 0 Å². The number of benzene rings is 2. The lowest BCUT2D eigenvalue weighted by Crippen LogP contribution is -1.99. The third kappa shape index (κ3) is 2.07. The molecule has 0 radical (unpaired) electrons. The average molecular weight is 264 g/mol. The van der Waals surface area contributed by atoms with Gasteiger partial charge in [0.05, 0.1) is 5.69 Å². The van der Waals surface area contributed by atoms with Crippen LogP contribution >= 0.6 is 0 Å². The van der Waals surface area contributed by atoms with E-state index in [1.54, 1.807) is 4.68 Å². The van der Waals surface area contributed by atoms with Crippen molar-refractivity contribution in [3.8, 4) is 22.7 Å². The molecule has 0 aliphatic rings. The summed E-state index contributed by atoms with van der Waals surface area (Å²) in [7, 11) is 0. The lowest BCUT2D eigenvalue weighted by Gasteiger charge is -2.08. The van der Waals surface area contributed by atoms with Crippen molar-refractivity contribution in [2.45, 2.75) is 13.8 Å². The van der Waals surface area contributed by atoms with Gasteiger partial charge in [0, 0.05) is 5.56 Å². The Kier molecular flexibility index (Phi) is 3.03. The van der Waals surface area contributed by atoms with Crippen LogP contribution in [0.4, 0.5) is 0 Å². The highest BCUT2D eigenvalue weighted by Crippen LogP contribution is 2.33. The molecule has 0 bridgehead atoms. The molecule has 1 N–H and O–H groups in total. The fourth-order valence-corrected chi connectivity index (χ4v) is 2.32. The minimum absolute atomic E-state index is 0.234. The van der Waals surface area contributed by atoms with E-state index >= 15 is 0 Å². The van der Waals surface area contributed by atoms with Crippen LogP contribution in [0.1, 0.15) is 11.3 Å². The lowest BCUT2D eigenvalue weighted by atomic mass is 10.1. The molecule has 100 valence electrons. The van der Waals surface area contributed by atoms with E-state index in [0.717, 1.165) is 22.5 Å². The second kappa shape index (κ2) is 4.85. The molecule has 0 fully saturated rings. The lowest BCUT2D eigenvalue weighted by molar-refractivity contribution is 0.473. The van der Waals surface area contributed by atoms with Crippen LogP contribution < -0.4 is 0 Å². The van der Waals surface area contributed by atoms with Gasteiger partial charge in [0.15, 0.2) is 5.75 Å². The van der Waals surface area contributed by atoms with Crippen LogP contribution in [-0.2, 0) is 0 Å². The van der Waals surface area contributed by atoms with Crippen molar-refractivity contribution >= 4 is 0 Å². The second-order valence-electron chi connectivity index (χ2n) is 4.90. The molecule has 1 aromatic heterocycles. The molecule has 20 heavy (non-hydrogen) atoms. The molecule has 3 aromatic rings. The molecular formula is C17H16N2O. The van der Waals surface area contributed by atoms with Crippen molar-refractivity contribution in [2.75, 3.05) is 0 Å². The van der Waals surface area contributed by atoms with E-state index in [4.69, 9.17) is 0 Å². The third-order valence-corrected chi connectivity index (χ3v) is 3.32. The predicted molar refractivity (Wildman–Crippen MR) is 80.1 cm³/mol. The molecule has 3 nitrogen and oxygen atoms in total. The minimum Gasteiger partial charge on any atom is -0.504 e. The molecule has 0 spiro atoms. The van der Waals surface area contributed by atoms with Crippen molar-refractivity contribution in [3.63, 3.8) is 0 Å². The molecule has 3 heteroatoms. The van der Waals surface area contributed by atoms with E-state index < -0.39 is 0 Å². The first-order valence-electron chi connectivity index (χ1n) is 6.58. The van der Waals surface area contributed by atoms with E-state index in [0.29, 0.717) is 5.69 Å². The number of aromatic hydroxyl groups is 1. The number of hydrogen-bond donors (Lipinski definition) is 1. The molecule has 2 aromatic carbocycles. The predicted octanol–water partition coefficient (Wildman–Crippen LogP) is 3.86. The van der Waals surface area contributed by atoms with E-state index in [1.807, 2.05) is 62.4 Å². The summed E-state index contributed by atoms with van der Waals surface area (Å²) in [4.78, 5) is 0. The molecule has 0 unspecified atom stereocenters. The zero-order valence-electron chi connectivity index (χ0n) is 11.5. The summed E-state index contributed by atoms with van der Waals surface area (Å²) in [6.45, 7) is 3.86. The van der Waals surface area contributed by atoms with Gasteiger partial charge >= 0.3 is 0 Å². The Bertz CT molecular complexity index is 745. The standard InChI is InChI=1S/C17H16N2O/c1-12-7-6-10-15(11-12)19-16(17(20)13(2)18-19)14-8-4-3-5-9-14/h3-11,20H,1-2H3.